The van der Waals surface area contributed by atoms with Crippen LogP contribution in [0.25, 0.3) is 0 Å². The number of carbonyl (C=O) groups is 2. The van der Waals surface area contributed by atoms with E-state index >= 15 is 0 Å². The quantitative estimate of drug-likeness (QED) is 0.0321. The lowest BCUT2D eigenvalue weighted by Gasteiger charge is -2.24. The van der Waals surface area contributed by atoms with E-state index in [9.17, 15) is 19.8 Å². The maximum Gasteiger partial charge on any atom is 0.306 e. The van der Waals surface area contributed by atoms with Crippen molar-refractivity contribution in [1.29, 1.82) is 0 Å². The lowest BCUT2D eigenvalue weighted by molar-refractivity contribution is -0.151. The lowest BCUT2D eigenvalue weighted by Crippen LogP contribution is -2.46. The van der Waals surface area contributed by atoms with E-state index in [0.717, 1.165) is 51.4 Å². The number of rotatable bonds is 52. The summed E-state index contributed by atoms with van der Waals surface area (Å²) in [6.45, 7) is 6.52. The molecule has 0 aliphatic carbocycles. The second-order valence-corrected chi connectivity index (χ2v) is 19.7. The van der Waals surface area contributed by atoms with Gasteiger partial charge in [-0.15, -0.1) is 0 Å². The van der Waals surface area contributed by atoms with Crippen molar-refractivity contribution in [1.82, 2.24) is 5.32 Å². The molecule has 3 N–H and O–H groups in total. The third-order valence-corrected chi connectivity index (χ3v) is 13.3. The summed E-state index contributed by atoms with van der Waals surface area (Å²) in [4.78, 5) is 26.2. The summed E-state index contributed by atoms with van der Waals surface area (Å²) in [5.74, 6) is -0.472. The van der Waals surface area contributed by atoms with Gasteiger partial charge in [-0.3, -0.25) is 9.59 Å². The van der Waals surface area contributed by atoms with E-state index < -0.39 is 18.2 Å². The van der Waals surface area contributed by atoms with Crippen molar-refractivity contribution in [3.8, 4) is 0 Å². The molecule has 1 amide bonds. The predicted octanol–water partition coefficient (Wildman–Crippen LogP) is 17.3. The van der Waals surface area contributed by atoms with Crippen LogP contribution >= 0.6 is 0 Å². The number of aliphatic hydroxyl groups is 2. The Hall–Kier alpha value is -1.40. The van der Waals surface area contributed by atoms with E-state index in [0.29, 0.717) is 19.3 Å². The van der Waals surface area contributed by atoms with E-state index in [1.807, 2.05) is 0 Å². The summed E-state index contributed by atoms with van der Waals surface area (Å²) in [5, 5.41) is 23.9. The summed E-state index contributed by atoms with van der Waals surface area (Å²) in [7, 11) is 0. The van der Waals surface area contributed by atoms with Crippen LogP contribution in [0, 0.1) is 0 Å². The molecule has 374 valence electrons. The molecule has 3 unspecified atom stereocenters. The SMILES string of the molecule is CCCCCCCC/C=C\CCCCCC(=O)OC(CCCCCCCCCCCCCCCC)CC(=O)NC(CO)C(O)CCCCCCCCCCCCCCCCCCC. The van der Waals surface area contributed by atoms with Crippen LogP contribution in [0.4, 0.5) is 0 Å². The molecule has 0 fully saturated rings. The fourth-order valence-electron chi connectivity index (χ4n) is 9.02. The van der Waals surface area contributed by atoms with Crippen LogP contribution in [0.3, 0.4) is 0 Å². The van der Waals surface area contributed by atoms with Gasteiger partial charge in [-0.25, -0.2) is 0 Å². The molecule has 0 radical (unpaired) electrons. The highest BCUT2D eigenvalue weighted by Gasteiger charge is 2.24. The molecule has 0 saturated carbocycles. The second-order valence-electron chi connectivity index (χ2n) is 19.7. The first-order chi connectivity index (χ1) is 31.0. The van der Waals surface area contributed by atoms with Crippen molar-refractivity contribution in [2.75, 3.05) is 6.61 Å². The van der Waals surface area contributed by atoms with Crippen molar-refractivity contribution in [3.63, 3.8) is 0 Å². The molecule has 0 rings (SSSR count). The largest absolute Gasteiger partial charge is 0.462 e. The standard InChI is InChI=1S/C57H111NO5/c1-4-7-10-13-16-19-22-25-27-28-29-32-34-37-40-43-46-49-55(60)54(52-59)58-56(61)51-53(48-45-42-39-36-33-31-26-23-20-17-14-11-8-5-2)63-57(62)50-47-44-41-38-35-30-24-21-18-15-12-9-6-3/h30,35,53-55,59-60H,4-29,31-34,36-52H2,1-3H3,(H,58,61)/b35-30-. The predicted molar refractivity (Wildman–Crippen MR) is 273 cm³/mol. The van der Waals surface area contributed by atoms with Gasteiger partial charge in [0.15, 0.2) is 0 Å². The fourth-order valence-corrected chi connectivity index (χ4v) is 9.02. The molecule has 6 nitrogen and oxygen atoms in total. The van der Waals surface area contributed by atoms with E-state index in [1.165, 1.54) is 218 Å². The Kier molecular flexibility index (Phi) is 50.4. The van der Waals surface area contributed by atoms with Crippen molar-refractivity contribution >= 4 is 11.9 Å². The monoisotopic (exact) mass is 890 g/mol. The Morgan fingerprint density at radius 3 is 1.13 bits per heavy atom. The molecule has 0 aromatic carbocycles. The first-order valence-electron chi connectivity index (χ1n) is 28.4. The van der Waals surface area contributed by atoms with Gasteiger partial charge < -0.3 is 20.3 Å². The summed E-state index contributed by atoms with van der Waals surface area (Å²) >= 11 is 0. The number of amides is 1. The average Bonchev–Trinajstić information content (AvgIpc) is 3.28. The zero-order chi connectivity index (χ0) is 45.9. The summed E-state index contributed by atoms with van der Waals surface area (Å²) in [5.41, 5.74) is 0. The van der Waals surface area contributed by atoms with E-state index in [2.05, 4.69) is 38.2 Å². The second kappa shape index (κ2) is 51.6. The number of unbranched alkanes of at least 4 members (excludes halogenated alkanes) is 38. The van der Waals surface area contributed by atoms with Crippen LogP contribution < -0.4 is 5.32 Å². The summed E-state index contributed by atoms with van der Waals surface area (Å²) < 4.78 is 5.95. The maximum absolute atomic E-state index is 13.2. The first kappa shape index (κ1) is 61.6. The molecule has 6 heteroatoms. The number of hydrogen-bond donors (Lipinski definition) is 3. The Morgan fingerprint density at radius 1 is 0.444 bits per heavy atom. The number of nitrogens with one attached hydrogen (secondary N) is 1. The molecule has 0 aromatic heterocycles. The molecule has 63 heavy (non-hydrogen) atoms. The first-order valence-corrected chi connectivity index (χ1v) is 28.4. The van der Waals surface area contributed by atoms with E-state index in [-0.39, 0.29) is 24.9 Å². The van der Waals surface area contributed by atoms with E-state index in [4.69, 9.17) is 4.74 Å². The molecule has 0 aliphatic heterocycles. The normalized spacial score (nSPS) is 13.2. The van der Waals surface area contributed by atoms with Crippen LogP contribution in [0.5, 0.6) is 0 Å². The van der Waals surface area contributed by atoms with Crippen LogP contribution in [-0.2, 0) is 14.3 Å². The molecule has 0 aromatic rings. The van der Waals surface area contributed by atoms with Gasteiger partial charge in [0.25, 0.3) is 0 Å². The smallest absolute Gasteiger partial charge is 0.306 e. The third-order valence-electron chi connectivity index (χ3n) is 13.3. The van der Waals surface area contributed by atoms with Crippen molar-refractivity contribution in [2.45, 2.75) is 334 Å². The van der Waals surface area contributed by atoms with Gasteiger partial charge in [-0.1, -0.05) is 264 Å². The summed E-state index contributed by atoms with van der Waals surface area (Å²) in [6.07, 6.45) is 58.5. The number of aliphatic hydroxyl groups excluding tert-OH is 2. The number of allylic oxidation sites excluding steroid dienone is 2. The van der Waals surface area contributed by atoms with Gasteiger partial charge >= 0.3 is 5.97 Å². The highest BCUT2D eigenvalue weighted by Crippen LogP contribution is 2.19. The van der Waals surface area contributed by atoms with Crippen molar-refractivity contribution < 1.29 is 24.5 Å². The van der Waals surface area contributed by atoms with Crippen LogP contribution in [0.1, 0.15) is 316 Å². The van der Waals surface area contributed by atoms with Gasteiger partial charge in [0.1, 0.15) is 6.10 Å². The third kappa shape index (κ3) is 46.9. The van der Waals surface area contributed by atoms with Crippen LogP contribution in [0.15, 0.2) is 12.2 Å². The zero-order valence-corrected chi connectivity index (χ0v) is 42.7. The minimum atomic E-state index is -0.785. The van der Waals surface area contributed by atoms with E-state index in [1.54, 1.807) is 0 Å². The fraction of sp³-hybridized carbons (Fsp3) is 0.930. The topological polar surface area (TPSA) is 95.9 Å². The minimum Gasteiger partial charge on any atom is -0.462 e. The van der Waals surface area contributed by atoms with Crippen LogP contribution in [-0.4, -0.2) is 46.9 Å². The minimum absolute atomic E-state index is 0.0793. The Labute approximate surface area is 393 Å². The Bertz CT molecular complexity index is 955. The number of ether oxygens (including phenoxy) is 1. The highest BCUT2D eigenvalue weighted by atomic mass is 16.5. The van der Waals surface area contributed by atoms with Gasteiger partial charge in [0, 0.05) is 6.42 Å². The van der Waals surface area contributed by atoms with Gasteiger partial charge in [-0.05, 0) is 51.4 Å². The molecule has 0 aliphatic rings. The molecule has 0 bridgehead atoms. The molecule has 0 spiro atoms. The Balaban J connectivity index is 4.48. The van der Waals surface area contributed by atoms with Gasteiger partial charge in [0.2, 0.25) is 5.91 Å². The van der Waals surface area contributed by atoms with Crippen LogP contribution in [0.2, 0.25) is 0 Å². The highest BCUT2D eigenvalue weighted by molar-refractivity contribution is 5.77. The Morgan fingerprint density at radius 2 is 0.762 bits per heavy atom. The zero-order valence-electron chi connectivity index (χ0n) is 42.7. The molecule has 3 atom stereocenters. The number of esters is 1. The van der Waals surface area contributed by atoms with Crippen molar-refractivity contribution in [3.05, 3.63) is 12.2 Å². The number of carbonyl (C=O) groups excluding carboxylic acids is 2. The molecular weight excluding hydrogens is 779 g/mol. The molecule has 0 heterocycles. The van der Waals surface area contributed by atoms with Crippen molar-refractivity contribution in [2.24, 2.45) is 0 Å². The maximum atomic E-state index is 13.2. The average molecular weight is 891 g/mol. The summed E-state index contributed by atoms with van der Waals surface area (Å²) in [6, 6.07) is -0.698. The van der Waals surface area contributed by atoms with Gasteiger partial charge in [0.05, 0.1) is 25.2 Å². The number of hydrogen-bond acceptors (Lipinski definition) is 5. The molecule has 0 saturated heterocycles. The molecular formula is C57H111NO5. The van der Waals surface area contributed by atoms with Gasteiger partial charge in [-0.2, -0.15) is 0 Å². The lowest BCUT2D eigenvalue weighted by atomic mass is 10.0.